The molecule has 2 nitrogen and oxygen atoms in total. The van der Waals surface area contributed by atoms with Crippen LogP contribution < -0.4 is 0 Å². The zero-order valence-electron chi connectivity index (χ0n) is 8.76. The fraction of sp³-hybridized carbons (Fsp3) is 0.636. The van der Waals surface area contributed by atoms with Gasteiger partial charge in [0.2, 0.25) is 0 Å². The average Bonchev–Trinajstić information content (AvgIpc) is 2.26. The summed E-state index contributed by atoms with van der Waals surface area (Å²) in [5.41, 5.74) is 0.940. The van der Waals surface area contributed by atoms with Gasteiger partial charge in [0.25, 0.3) is 0 Å². The first-order chi connectivity index (χ1) is 7.18. The van der Waals surface area contributed by atoms with Crippen molar-refractivity contribution in [2.75, 3.05) is 0 Å². The minimum Gasteiger partial charge on any atom is -0.237 e. The number of hydrogen-bond donors (Lipinski definition) is 0. The Balaban J connectivity index is 2.27. The van der Waals surface area contributed by atoms with E-state index in [2.05, 4.69) is 25.9 Å². The lowest BCUT2D eigenvalue weighted by atomic mass is 9.89. The van der Waals surface area contributed by atoms with Crippen LogP contribution in [-0.2, 0) is 0 Å². The molecular weight excluding hydrogens is 275 g/mol. The summed E-state index contributed by atoms with van der Waals surface area (Å²) < 4.78 is 0.823. The molecule has 0 unspecified atom stereocenters. The molecule has 0 bridgehead atoms. The highest BCUT2D eigenvalue weighted by Crippen LogP contribution is 2.33. The van der Waals surface area contributed by atoms with Gasteiger partial charge in [-0.15, -0.1) is 0 Å². The molecule has 1 aliphatic rings. The van der Waals surface area contributed by atoms with Crippen LogP contribution in [0.2, 0.25) is 5.15 Å². The molecule has 0 atom stereocenters. The third-order valence-electron chi connectivity index (χ3n) is 2.96. The number of aromatic nitrogens is 2. The van der Waals surface area contributed by atoms with Crippen molar-refractivity contribution in [3.05, 3.63) is 21.1 Å². The molecule has 82 valence electrons. The van der Waals surface area contributed by atoms with Gasteiger partial charge in [-0.05, 0) is 35.7 Å². The zero-order valence-corrected chi connectivity index (χ0v) is 11.1. The quantitative estimate of drug-likeness (QED) is 0.722. The summed E-state index contributed by atoms with van der Waals surface area (Å²) in [7, 11) is 0. The highest BCUT2D eigenvalue weighted by molar-refractivity contribution is 9.10. The Morgan fingerprint density at radius 2 is 1.87 bits per heavy atom. The molecule has 1 aromatic rings. The Bertz CT molecular complexity index is 339. The van der Waals surface area contributed by atoms with Crippen molar-refractivity contribution in [3.63, 3.8) is 0 Å². The van der Waals surface area contributed by atoms with Crippen LogP contribution in [0.15, 0.2) is 4.47 Å². The van der Waals surface area contributed by atoms with E-state index in [9.17, 15) is 0 Å². The van der Waals surface area contributed by atoms with Crippen molar-refractivity contribution >= 4 is 27.5 Å². The summed E-state index contributed by atoms with van der Waals surface area (Å²) in [5, 5.41) is 0.545. The monoisotopic (exact) mass is 288 g/mol. The molecule has 15 heavy (non-hydrogen) atoms. The Labute approximate surface area is 104 Å². The van der Waals surface area contributed by atoms with Gasteiger partial charge in [0.1, 0.15) is 11.0 Å². The molecule has 4 heteroatoms. The third kappa shape index (κ3) is 2.51. The van der Waals surface area contributed by atoms with Crippen LogP contribution in [0, 0.1) is 6.92 Å². The van der Waals surface area contributed by atoms with E-state index < -0.39 is 0 Å². The van der Waals surface area contributed by atoms with Crippen LogP contribution in [0.1, 0.15) is 49.5 Å². The predicted molar refractivity (Wildman–Crippen MR) is 65.3 cm³/mol. The second-order valence-corrected chi connectivity index (χ2v) is 5.26. The molecule has 0 spiro atoms. The molecule has 1 saturated carbocycles. The lowest BCUT2D eigenvalue weighted by Crippen LogP contribution is -2.10. The van der Waals surface area contributed by atoms with E-state index in [1.807, 2.05) is 6.92 Å². The zero-order chi connectivity index (χ0) is 10.8. The number of aryl methyl sites for hydroxylation is 1. The van der Waals surface area contributed by atoms with Gasteiger partial charge in [0, 0.05) is 5.92 Å². The fourth-order valence-corrected chi connectivity index (χ4v) is 2.49. The van der Waals surface area contributed by atoms with E-state index >= 15 is 0 Å². The van der Waals surface area contributed by atoms with Gasteiger partial charge in [-0.25, -0.2) is 9.97 Å². The number of halogens is 2. The third-order valence-corrected chi connectivity index (χ3v) is 4.42. The maximum absolute atomic E-state index is 6.04. The summed E-state index contributed by atoms with van der Waals surface area (Å²) >= 11 is 9.42. The highest BCUT2D eigenvalue weighted by Gasteiger charge is 2.19. The first-order valence-corrected chi connectivity index (χ1v) is 6.55. The summed E-state index contributed by atoms with van der Waals surface area (Å²) in [5.74, 6) is 1.45. The van der Waals surface area contributed by atoms with Crippen LogP contribution in [-0.4, -0.2) is 9.97 Å². The molecular formula is C11H14BrClN2. The predicted octanol–water partition coefficient (Wildman–Crippen LogP) is 4.25. The minimum absolute atomic E-state index is 0.517. The lowest BCUT2D eigenvalue weighted by molar-refractivity contribution is 0.428. The Morgan fingerprint density at radius 1 is 1.20 bits per heavy atom. The van der Waals surface area contributed by atoms with Crippen LogP contribution in [0.5, 0.6) is 0 Å². The van der Waals surface area contributed by atoms with E-state index in [1.165, 1.54) is 32.1 Å². The van der Waals surface area contributed by atoms with Gasteiger partial charge in [-0.1, -0.05) is 30.9 Å². The molecule has 2 rings (SSSR count). The van der Waals surface area contributed by atoms with Gasteiger partial charge < -0.3 is 0 Å². The largest absolute Gasteiger partial charge is 0.237 e. The lowest BCUT2D eigenvalue weighted by Gasteiger charge is -2.20. The Kier molecular flexibility index (Phi) is 3.62. The smallest absolute Gasteiger partial charge is 0.147 e. The first kappa shape index (κ1) is 11.3. The van der Waals surface area contributed by atoms with Gasteiger partial charge in [-0.3, -0.25) is 0 Å². The summed E-state index contributed by atoms with van der Waals surface area (Å²) in [6, 6.07) is 0. The maximum atomic E-state index is 6.04. The average molecular weight is 290 g/mol. The molecule has 0 saturated heterocycles. The molecule has 1 fully saturated rings. The van der Waals surface area contributed by atoms with E-state index in [4.69, 9.17) is 11.6 Å². The van der Waals surface area contributed by atoms with Gasteiger partial charge >= 0.3 is 0 Å². The van der Waals surface area contributed by atoms with E-state index in [-0.39, 0.29) is 0 Å². The topological polar surface area (TPSA) is 25.8 Å². The van der Waals surface area contributed by atoms with E-state index in [0.29, 0.717) is 11.1 Å². The number of hydrogen-bond acceptors (Lipinski definition) is 2. The molecule has 1 aromatic heterocycles. The standard InChI is InChI=1S/C11H14BrClN2/c1-7-9(12)10(13)15-11(14-7)8-5-3-2-4-6-8/h8H,2-6H2,1H3. The van der Waals surface area contributed by atoms with Crippen molar-refractivity contribution in [1.29, 1.82) is 0 Å². The molecule has 0 amide bonds. The molecule has 0 N–H and O–H groups in total. The van der Waals surface area contributed by atoms with Crippen LogP contribution in [0.4, 0.5) is 0 Å². The van der Waals surface area contributed by atoms with Crippen LogP contribution in [0.25, 0.3) is 0 Å². The van der Waals surface area contributed by atoms with E-state index in [0.717, 1.165) is 16.0 Å². The summed E-state index contributed by atoms with van der Waals surface area (Å²) in [6.07, 6.45) is 6.34. The van der Waals surface area contributed by atoms with Crippen molar-refractivity contribution in [2.45, 2.75) is 44.9 Å². The van der Waals surface area contributed by atoms with Crippen molar-refractivity contribution in [1.82, 2.24) is 9.97 Å². The van der Waals surface area contributed by atoms with Crippen LogP contribution in [0.3, 0.4) is 0 Å². The first-order valence-electron chi connectivity index (χ1n) is 5.38. The van der Waals surface area contributed by atoms with Crippen molar-refractivity contribution in [2.24, 2.45) is 0 Å². The number of rotatable bonds is 1. The molecule has 1 aliphatic carbocycles. The van der Waals surface area contributed by atoms with Crippen molar-refractivity contribution < 1.29 is 0 Å². The molecule has 0 radical (unpaired) electrons. The molecule has 0 aliphatic heterocycles. The summed E-state index contributed by atoms with van der Waals surface area (Å²) in [6.45, 7) is 1.96. The fourth-order valence-electron chi connectivity index (χ4n) is 2.09. The van der Waals surface area contributed by atoms with Crippen molar-refractivity contribution in [3.8, 4) is 0 Å². The van der Waals surface area contributed by atoms with E-state index in [1.54, 1.807) is 0 Å². The maximum Gasteiger partial charge on any atom is 0.147 e. The van der Waals surface area contributed by atoms with Gasteiger partial charge in [0.05, 0.1) is 10.2 Å². The van der Waals surface area contributed by atoms with Crippen LogP contribution >= 0.6 is 27.5 Å². The Morgan fingerprint density at radius 3 is 2.47 bits per heavy atom. The second kappa shape index (κ2) is 4.79. The second-order valence-electron chi connectivity index (χ2n) is 4.11. The number of nitrogens with zero attached hydrogens (tertiary/aromatic N) is 2. The highest BCUT2D eigenvalue weighted by atomic mass is 79.9. The SMILES string of the molecule is Cc1nc(C2CCCCC2)nc(Cl)c1Br. The Hall–Kier alpha value is -0.150. The van der Waals surface area contributed by atoms with Gasteiger partial charge in [0.15, 0.2) is 0 Å². The molecule has 1 heterocycles. The van der Waals surface area contributed by atoms with Gasteiger partial charge in [-0.2, -0.15) is 0 Å². The minimum atomic E-state index is 0.517. The summed E-state index contributed by atoms with van der Waals surface area (Å²) in [4.78, 5) is 8.88. The molecule has 0 aromatic carbocycles. The normalized spacial score (nSPS) is 18.1.